The van der Waals surface area contributed by atoms with Crippen LogP contribution in [-0.4, -0.2) is 19.3 Å². The van der Waals surface area contributed by atoms with Gasteiger partial charge in [-0.2, -0.15) is 13.2 Å². The lowest BCUT2D eigenvalue weighted by atomic mass is 10.0. The molecule has 0 aromatic heterocycles. The van der Waals surface area contributed by atoms with E-state index < -0.39 is 11.7 Å². The molecule has 17 heavy (non-hydrogen) atoms. The van der Waals surface area contributed by atoms with E-state index in [-0.39, 0.29) is 12.1 Å². The maximum absolute atomic E-state index is 12.4. The first-order valence-electron chi connectivity index (χ1n) is 5.48. The van der Waals surface area contributed by atoms with Crippen LogP contribution in [-0.2, 0) is 10.9 Å². The van der Waals surface area contributed by atoms with E-state index in [4.69, 9.17) is 4.74 Å². The summed E-state index contributed by atoms with van der Waals surface area (Å²) in [4.78, 5) is 0. The number of alkyl halides is 3. The SMILES string of the molecule is C[C@@H]1COC[C@H](c2ccc(C(F)(F)F)cc2)N1. The van der Waals surface area contributed by atoms with Crippen LogP contribution in [0.2, 0.25) is 0 Å². The summed E-state index contributed by atoms with van der Waals surface area (Å²) < 4.78 is 42.5. The summed E-state index contributed by atoms with van der Waals surface area (Å²) in [6.45, 7) is 3.11. The van der Waals surface area contributed by atoms with Crippen LogP contribution in [0.1, 0.15) is 24.1 Å². The molecule has 94 valence electrons. The third-order valence-electron chi connectivity index (χ3n) is 2.78. The topological polar surface area (TPSA) is 21.3 Å². The molecule has 0 amide bonds. The van der Waals surface area contributed by atoms with Crippen molar-refractivity contribution in [2.75, 3.05) is 13.2 Å². The maximum atomic E-state index is 12.4. The second-order valence-corrected chi connectivity index (χ2v) is 4.28. The summed E-state index contributed by atoms with van der Waals surface area (Å²) in [5.74, 6) is 0. The standard InChI is InChI=1S/C12H14F3NO/c1-8-6-17-7-11(16-8)9-2-4-10(5-3-9)12(13,14)15/h2-5,8,11,16H,6-7H2,1H3/t8-,11-/m1/s1. The van der Waals surface area contributed by atoms with Crippen molar-refractivity contribution >= 4 is 0 Å². The van der Waals surface area contributed by atoms with Gasteiger partial charge in [0, 0.05) is 6.04 Å². The van der Waals surface area contributed by atoms with Crippen molar-refractivity contribution in [2.45, 2.75) is 25.2 Å². The predicted molar refractivity (Wildman–Crippen MR) is 57.6 cm³/mol. The summed E-state index contributed by atoms with van der Waals surface area (Å²) in [5, 5.41) is 3.28. The summed E-state index contributed by atoms with van der Waals surface area (Å²) >= 11 is 0. The average Bonchev–Trinajstić information content (AvgIpc) is 2.28. The summed E-state index contributed by atoms with van der Waals surface area (Å²) in [5.41, 5.74) is 0.204. The molecule has 1 aromatic rings. The molecule has 0 unspecified atom stereocenters. The zero-order valence-electron chi connectivity index (χ0n) is 9.42. The zero-order valence-corrected chi connectivity index (χ0v) is 9.42. The molecule has 1 aliphatic heterocycles. The Hall–Kier alpha value is -1.07. The van der Waals surface area contributed by atoms with Crippen molar-refractivity contribution in [3.63, 3.8) is 0 Å². The summed E-state index contributed by atoms with van der Waals surface area (Å²) in [6.07, 6.45) is -4.28. The van der Waals surface area contributed by atoms with Gasteiger partial charge in [0.2, 0.25) is 0 Å². The molecule has 1 saturated heterocycles. The van der Waals surface area contributed by atoms with Gasteiger partial charge in [-0.05, 0) is 24.6 Å². The molecule has 1 aromatic carbocycles. The Morgan fingerprint density at radius 3 is 2.35 bits per heavy atom. The van der Waals surface area contributed by atoms with E-state index in [1.54, 1.807) is 0 Å². The van der Waals surface area contributed by atoms with Crippen molar-refractivity contribution in [1.82, 2.24) is 5.32 Å². The van der Waals surface area contributed by atoms with E-state index >= 15 is 0 Å². The molecule has 5 heteroatoms. The van der Waals surface area contributed by atoms with Gasteiger partial charge in [0.25, 0.3) is 0 Å². The number of hydrogen-bond donors (Lipinski definition) is 1. The number of halogens is 3. The fraction of sp³-hybridized carbons (Fsp3) is 0.500. The molecule has 2 nitrogen and oxygen atoms in total. The highest BCUT2D eigenvalue weighted by Crippen LogP contribution is 2.30. The molecule has 1 N–H and O–H groups in total. The fourth-order valence-corrected chi connectivity index (χ4v) is 1.90. The van der Waals surface area contributed by atoms with Crippen LogP contribution in [0.5, 0.6) is 0 Å². The van der Waals surface area contributed by atoms with Crippen molar-refractivity contribution in [2.24, 2.45) is 0 Å². The van der Waals surface area contributed by atoms with Gasteiger partial charge in [0.05, 0.1) is 24.8 Å². The molecule has 0 saturated carbocycles. The molecular weight excluding hydrogens is 231 g/mol. The molecule has 1 aliphatic rings. The number of morpholine rings is 1. The largest absolute Gasteiger partial charge is 0.416 e. The Bertz CT molecular complexity index is 374. The number of ether oxygens (including phenoxy) is 1. The van der Waals surface area contributed by atoms with Crippen LogP contribution in [0.15, 0.2) is 24.3 Å². The third-order valence-corrected chi connectivity index (χ3v) is 2.78. The zero-order chi connectivity index (χ0) is 12.5. The Kier molecular flexibility index (Phi) is 3.40. The monoisotopic (exact) mass is 245 g/mol. The van der Waals surface area contributed by atoms with Crippen molar-refractivity contribution in [1.29, 1.82) is 0 Å². The highest BCUT2D eigenvalue weighted by Gasteiger charge is 2.30. The van der Waals surface area contributed by atoms with E-state index in [2.05, 4.69) is 5.32 Å². The molecule has 0 spiro atoms. The molecular formula is C12H14F3NO. The lowest BCUT2D eigenvalue weighted by Crippen LogP contribution is -2.41. The third kappa shape index (κ3) is 2.98. The first-order valence-corrected chi connectivity index (χ1v) is 5.48. The summed E-state index contributed by atoms with van der Waals surface area (Å²) in [6, 6.07) is 5.41. The van der Waals surface area contributed by atoms with Gasteiger partial charge >= 0.3 is 6.18 Å². The molecule has 0 radical (unpaired) electrons. The van der Waals surface area contributed by atoms with Crippen molar-refractivity contribution < 1.29 is 17.9 Å². The smallest absolute Gasteiger partial charge is 0.378 e. The predicted octanol–water partition coefficient (Wildman–Crippen LogP) is 2.75. The summed E-state index contributed by atoms with van der Waals surface area (Å²) in [7, 11) is 0. The molecule has 2 rings (SSSR count). The van der Waals surface area contributed by atoms with Gasteiger partial charge in [0.1, 0.15) is 0 Å². The first-order chi connectivity index (χ1) is 7.97. The van der Waals surface area contributed by atoms with E-state index in [9.17, 15) is 13.2 Å². The molecule has 1 fully saturated rings. The maximum Gasteiger partial charge on any atom is 0.416 e. The van der Waals surface area contributed by atoms with Gasteiger partial charge in [-0.25, -0.2) is 0 Å². The Morgan fingerprint density at radius 2 is 1.82 bits per heavy atom. The van der Waals surface area contributed by atoms with Crippen LogP contribution in [0.4, 0.5) is 13.2 Å². The van der Waals surface area contributed by atoms with Crippen LogP contribution >= 0.6 is 0 Å². The first kappa shape index (κ1) is 12.4. The lowest BCUT2D eigenvalue weighted by Gasteiger charge is -2.29. The van der Waals surface area contributed by atoms with Crippen LogP contribution < -0.4 is 5.32 Å². The number of nitrogens with one attached hydrogen (secondary N) is 1. The molecule has 1 heterocycles. The Labute approximate surface area is 97.8 Å². The Morgan fingerprint density at radius 1 is 1.18 bits per heavy atom. The van der Waals surface area contributed by atoms with E-state index in [1.165, 1.54) is 12.1 Å². The molecule has 0 bridgehead atoms. The van der Waals surface area contributed by atoms with Crippen molar-refractivity contribution in [3.05, 3.63) is 35.4 Å². The van der Waals surface area contributed by atoms with Gasteiger partial charge in [-0.1, -0.05) is 12.1 Å². The number of hydrogen-bond acceptors (Lipinski definition) is 2. The number of benzene rings is 1. The Balaban J connectivity index is 2.12. The van der Waals surface area contributed by atoms with Crippen LogP contribution in [0, 0.1) is 0 Å². The minimum Gasteiger partial charge on any atom is -0.378 e. The quantitative estimate of drug-likeness (QED) is 0.821. The van der Waals surface area contributed by atoms with Gasteiger partial charge in [0.15, 0.2) is 0 Å². The van der Waals surface area contributed by atoms with E-state index in [0.717, 1.165) is 17.7 Å². The minimum atomic E-state index is -4.28. The van der Waals surface area contributed by atoms with Gasteiger partial charge in [-0.15, -0.1) is 0 Å². The molecule has 0 aliphatic carbocycles. The second kappa shape index (κ2) is 4.66. The van der Waals surface area contributed by atoms with E-state index in [1.807, 2.05) is 6.92 Å². The highest BCUT2D eigenvalue weighted by molar-refractivity contribution is 5.27. The highest BCUT2D eigenvalue weighted by atomic mass is 19.4. The average molecular weight is 245 g/mol. The lowest BCUT2D eigenvalue weighted by molar-refractivity contribution is -0.137. The normalized spacial score (nSPS) is 25.9. The van der Waals surface area contributed by atoms with Crippen LogP contribution in [0.25, 0.3) is 0 Å². The van der Waals surface area contributed by atoms with E-state index in [0.29, 0.717) is 13.2 Å². The fourth-order valence-electron chi connectivity index (χ4n) is 1.90. The second-order valence-electron chi connectivity index (χ2n) is 4.28. The minimum absolute atomic E-state index is 0.0268. The van der Waals surface area contributed by atoms with Gasteiger partial charge < -0.3 is 10.1 Å². The van der Waals surface area contributed by atoms with Gasteiger partial charge in [-0.3, -0.25) is 0 Å². The number of rotatable bonds is 1. The van der Waals surface area contributed by atoms with Crippen LogP contribution in [0.3, 0.4) is 0 Å². The van der Waals surface area contributed by atoms with Crippen molar-refractivity contribution in [3.8, 4) is 0 Å². The molecule has 2 atom stereocenters.